The van der Waals surface area contributed by atoms with Gasteiger partial charge in [0.05, 0.1) is 0 Å². The Balaban J connectivity index is 1.63. The van der Waals surface area contributed by atoms with Crippen LogP contribution in [-0.2, 0) is 4.79 Å². The lowest BCUT2D eigenvalue weighted by molar-refractivity contribution is -0.141. The van der Waals surface area contributed by atoms with Gasteiger partial charge in [0.1, 0.15) is 6.04 Å². The van der Waals surface area contributed by atoms with Gasteiger partial charge in [0.2, 0.25) is 0 Å². The van der Waals surface area contributed by atoms with Crippen LogP contribution in [-0.4, -0.2) is 39.1 Å². The SMILES string of the molecule is O=C(O)C1CC2CCCCC2N1C(=O)c1cc(-c2ccccc2)on1. The van der Waals surface area contributed by atoms with Crippen LogP contribution in [0.25, 0.3) is 11.3 Å². The number of amides is 1. The first-order valence-electron chi connectivity index (χ1n) is 8.73. The lowest BCUT2D eigenvalue weighted by Crippen LogP contribution is -2.46. The maximum absolute atomic E-state index is 13.0. The number of rotatable bonds is 3. The Morgan fingerprint density at radius 2 is 1.92 bits per heavy atom. The van der Waals surface area contributed by atoms with E-state index in [2.05, 4.69) is 5.16 Å². The van der Waals surface area contributed by atoms with Crippen LogP contribution < -0.4 is 0 Å². The summed E-state index contributed by atoms with van der Waals surface area (Å²) in [6.45, 7) is 0. The largest absolute Gasteiger partial charge is 0.480 e. The van der Waals surface area contributed by atoms with Crippen molar-refractivity contribution in [1.82, 2.24) is 10.1 Å². The Morgan fingerprint density at radius 1 is 1.16 bits per heavy atom. The van der Waals surface area contributed by atoms with Gasteiger partial charge in [-0.2, -0.15) is 0 Å². The van der Waals surface area contributed by atoms with Crippen molar-refractivity contribution >= 4 is 11.9 Å². The van der Waals surface area contributed by atoms with Crippen LogP contribution in [0.1, 0.15) is 42.6 Å². The van der Waals surface area contributed by atoms with Crippen LogP contribution in [0.4, 0.5) is 0 Å². The molecule has 130 valence electrons. The van der Waals surface area contributed by atoms with Gasteiger partial charge in [-0.25, -0.2) is 4.79 Å². The number of benzene rings is 1. The summed E-state index contributed by atoms with van der Waals surface area (Å²) < 4.78 is 5.32. The summed E-state index contributed by atoms with van der Waals surface area (Å²) in [7, 11) is 0. The molecule has 0 spiro atoms. The van der Waals surface area contributed by atoms with Crippen LogP contribution in [0.15, 0.2) is 40.9 Å². The highest BCUT2D eigenvalue weighted by molar-refractivity contribution is 5.96. The molecule has 2 fully saturated rings. The molecule has 3 atom stereocenters. The number of hydrogen-bond acceptors (Lipinski definition) is 4. The summed E-state index contributed by atoms with van der Waals surface area (Å²) in [6.07, 6.45) is 4.54. The van der Waals surface area contributed by atoms with Gasteiger partial charge in [0, 0.05) is 17.7 Å². The van der Waals surface area contributed by atoms with Crippen molar-refractivity contribution < 1.29 is 19.2 Å². The molecule has 2 aliphatic rings. The highest BCUT2D eigenvalue weighted by Crippen LogP contribution is 2.40. The van der Waals surface area contributed by atoms with Crippen molar-refractivity contribution in [3.63, 3.8) is 0 Å². The zero-order valence-corrected chi connectivity index (χ0v) is 13.8. The minimum absolute atomic E-state index is 0.000717. The number of aromatic nitrogens is 1. The van der Waals surface area contributed by atoms with Gasteiger partial charge in [0.25, 0.3) is 5.91 Å². The van der Waals surface area contributed by atoms with Gasteiger partial charge in [-0.1, -0.05) is 48.3 Å². The second kappa shape index (κ2) is 6.35. The lowest BCUT2D eigenvalue weighted by Gasteiger charge is -2.32. The van der Waals surface area contributed by atoms with E-state index in [9.17, 15) is 14.7 Å². The monoisotopic (exact) mass is 340 g/mol. The number of carboxylic acids is 1. The van der Waals surface area contributed by atoms with Gasteiger partial charge in [0.15, 0.2) is 11.5 Å². The van der Waals surface area contributed by atoms with Crippen molar-refractivity contribution in [3.8, 4) is 11.3 Å². The van der Waals surface area contributed by atoms with E-state index in [4.69, 9.17) is 4.52 Å². The molecule has 1 saturated carbocycles. The van der Waals surface area contributed by atoms with Gasteiger partial charge in [-0.3, -0.25) is 4.79 Å². The average Bonchev–Trinajstić information content (AvgIpc) is 3.27. The minimum atomic E-state index is -0.936. The lowest BCUT2D eigenvalue weighted by atomic mass is 9.84. The Bertz CT molecular complexity index is 786. The number of hydrogen-bond donors (Lipinski definition) is 1. The van der Waals surface area contributed by atoms with Gasteiger partial charge in [-0.05, 0) is 25.2 Å². The van der Waals surface area contributed by atoms with E-state index in [1.54, 1.807) is 11.0 Å². The molecular formula is C19H20N2O4. The fourth-order valence-electron chi connectivity index (χ4n) is 4.22. The number of carbonyl (C=O) groups excluding carboxylic acids is 1. The first-order chi connectivity index (χ1) is 12.1. The smallest absolute Gasteiger partial charge is 0.326 e. The van der Waals surface area contributed by atoms with Crippen molar-refractivity contribution in [2.75, 3.05) is 0 Å². The van der Waals surface area contributed by atoms with E-state index < -0.39 is 12.0 Å². The maximum Gasteiger partial charge on any atom is 0.326 e. The molecule has 1 saturated heterocycles. The van der Waals surface area contributed by atoms with Crippen LogP contribution in [0, 0.1) is 5.92 Å². The normalized spacial score (nSPS) is 25.6. The fraction of sp³-hybridized carbons (Fsp3) is 0.421. The Labute approximate surface area is 145 Å². The maximum atomic E-state index is 13.0. The molecule has 1 aromatic heterocycles. The number of fused-ring (bicyclic) bond motifs is 1. The van der Waals surface area contributed by atoms with Crippen LogP contribution in [0.2, 0.25) is 0 Å². The molecule has 2 heterocycles. The van der Waals surface area contributed by atoms with Crippen molar-refractivity contribution in [3.05, 3.63) is 42.1 Å². The predicted octanol–water partition coefficient (Wildman–Crippen LogP) is 3.20. The van der Waals surface area contributed by atoms with Gasteiger partial charge >= 0.3 is 5.97 Å². The quantitative estimate of drug-likeness (QED) is 0.927. The van der Waals surface area contributed by atoms with Crippen LogP contribution in [0.5, 0.6) is 0 Å². The standard InChI is InChI=1S/C19H20N2O4/c22-18(14-11-17(25-20-14)12-6-2-1-3-7-12)21-15-9-5-4-8-13(15)10-16(21)19(23)24/h1-3,6-7,11,13,15-16H,4-5,8-10H2,(H,23,24). The van der Waals surface area contributed by atoms with E-state index in [0.717, 1.165) is 31.2 Å². The van der Waals surface area contributed by atoms with Crippen molar-refractivity contribution in [1.29, 1.82) is 0 Å². The number of carbonyl (C=O) groups is 2. The first kappa shape index (κ1) is 15.9. The molecule has 1 aromatic carbocycles. The summed E-state index contributed by atoms with van der Waals surface area (Å²) in [5.74, 6) is -0.489. The highest BCUT2D eigenvalue weighted by atomic mass is 16.5. The Kier molecular flexibility index (Phi) is 4.03. The Morgan fingerprint density at radius 3 is 2.68 bits per heavy atom. The molecule has 1 amide bonds. The zero-order valence-electron chi connectivity index (χ0n) is 13.8. The predicted molar refractivity (Wildman–Crippen MR) is 89.9 cm³/mol. The van der Waals surface area contributed by atoms with E-state index >= 15 is 0 Å². The molecule has 4 rings (SSSR count). The number of nitrogens with zero attached hydrogens (tertiary/aromatic N) is 2. The third-order valence-electron chi connectivity index (χ3n) is 5.40. The van der Waals surface area contributed by atoms with E-state index in [1.165, 1.54) is 0 Å². The molecule has 0 bridgehead atoms. The number of aliphatic carboxylic acids is 1. The summed E-state index contributed by atoms with van der Waals surface area (Å²) in [4.78, 5) is 26.2. The zero-order chi connectivity index (χ0) is 17.4. The average molecular weight is 340 g/mol. The first-order valence-corrected chi connectivity index (χ1v) is 8.73. The number of likely N-dealkylation sites (tertiary alicyclic amines) is 1. The second-order valence-corrected chi connectivity index (χ2v) is 6.86. The van der Waals surface area contributed by atoms with E-state index in [0.29, 0.717) is 12.2 Å². The summed E-state index contributed by atoms with van der Waals surface area (Å²) in [5.41, 5.74) is 1.01. The van der Waals surface area contributed by atoms with Crippen molar-refractivity contribution in [2.24, 2.45) is 5.92 Å². The highest BCUT2D eigenvalue weighted by Gasteiger charge is 2.48. The minimum Gasteiger partial charge on any atom is -0.480 e. The van der Waals surface area contributed by atoms with Crippen molar-refractivity contribution in [2.45, 2.75) is 44.2 Å². The summed E-state index contributed by atoms with van der Waals surface area (Å²) in [5, 5.41) is 13.5. The summed E-state index contributed by atoms with van der Waals surface area (Å²) >= 11 is 0. The summed E-state index contributed by atoms with van der Waals surface area (Å²) in [6, 6.07) is 10.3. The molecule has 1 aliphatic heterocycles. The molecule has 6 nitrogen and oxygen atoms in total. The molecule has 25 heavy (non-hydrogen) atoms. The molecular weight excluding hydrogens is 320 g/mol. The van der Waals surface area contributed by atoms with Crippen LogP contribution >= 0.6 is 0 Å². The third kappa shape index (κ3) is 2.81. The van der Waals surface area contributed by atoms with E-state index in [1.807, 2.05) is 30.3 Å². The number of carboxylic acid groups (broad SMARTS) is 1. The van der Waals surface area contributed by atoms with Crippen LogP contribution in [0.3, 0.4) is 0 Å². The molecule has 6 heteroatoms. The second-order valence-electron chi connectivity index (χ2n) is 6.86. The molecule has 1 aliphatic carbocycles. The Hall–Kier alpha value is -2.63. The van der Waals surface area contributed by atoms with E-state index in [-0.39, 0.29) is 23.6 Å². The topological polar surface area (TPSA) is 83.6 Å². The molecule has 1 N–H and O–H groups in total. The molecule has 3 unspecified atom stereocenters. The fourth-order valence-corrected chi connectivity index (χ4v) is 4.22. The van der Waals surface area contributed by atoms with Gasteiger partial charge < -0.3 is 14.5 Å². The third-order valence-corrected chi connectivity index (χ3v) is 5.40. The molecule has 0 radical (unpaired) electrons. The molecule has 2 aromatic rings. The van der Waals surface area contributed by atoms with Gasteiger partial charge in [-0.15, -0.1) is 0 Å².